The fourth-order valence-corrected chi connectivity index (χ4v) is 4.63. The SMILES string of the molecule is CC(C)c1cccc2cc(C(=O)Nc3ccc4c(c3)CN(C3CCC(=O)NC3=O)C4=O)[nH]c12. The van der Waals surface area contributed by atoms with Crippen molar-refractivity contribution in [2.24, 2.45) is 0 Å². The maximum Gasteiger partial charge on any atom is 0.272 e. The molecule has 0 aliphatic carbocycles. The van der Waals surface area contributed by atoms with Gasteiger partial charge in [0.05, 0.1) is 0 Å². The topological polar surface area (TPSA) is 111 Å². The lowest BCUT2D eigenvalue weighted by Gasteiger charge is -2.29. The Bertz CT molecular complexity index is 1320. The number of hydrogen-bond acceptors (Lipinski definition) is 4. The third-order valence-electron chi connectivity index (χ3n) is 6.34. The molecule has 1 fully saturated rings. The predicted molar refractivity (Wildman–Crippen MR) is 123 cm³/mol. The number of nitrogens with zero attached hydrogens (tertiary/aromatic N) is 1. The Balaban J connectivity index is 1.35. The first-order chi connectivity index (χ1) is 15.8. The van der Waals surface area contributed by atoms with Gasteiger partial charge in [-0.15, -0.1) is 0 Å². The minimum atomic E-state index is -0.665. The Morgan fingerprint density at radius 2 is 1.94 bits per heavy atom. The lowest BCUT2D eigenvalue weighted by molar-refractivity contribution is -0.136. The number of H-pyrrole nitrogens is 1. The van der Waals surface area contributed by atoms with Gasteiger partial charge in [0, 0.05) is 35.1 Å². The van der Waals surface area contributed by atoms with Gasteiger partial charge < -0.3 is 15.2 Å². The van der Waals surface area contributed by atoms with E-state index in [1.54, 1.807) is 18.2 Å². The van der Waals surface area contributed by atoms with Crippen LogP contribution < -0.4 is 10.6 Å². The number of rotatable bonds is 4. The standard InChI is InChI=1S/C25H24N4O4/c1-13(2)17-5-3-4-14-11-19(27-22(14)17)23(31)26-16-6-7-18-15(10-16)12-29(25(18)33)20-8-9-21(30)28-24(20)32/h3-7,10-11,13,20,27H,8-9,12H2,1-2H3,(H,26,31)(H,28,30,32). The summed E-state index contributed by atoms with van der Waals surface area (Å²) in [6.45, 7) is 4.48. The highest BCUT2D eigenvalue weighted by atomic mass is 16.2. The lowest BCUT2D eigenvalue weighted by atomic mass is 10.0. The smallest absolute Gasteiger partial charge is 0.272 e. The van der Waals surface area contributed by atoms with E-state index < -0.39 is 11.9 Å². The average Bonchev–Trinajstić information content (AvgIpc) is 3.35. The zero-order chi connectivity index (χ0) is 23.3. The molecule has 1 unspecified atom stereocenters. The van der Waals surface area contributed by atoms with Gasteiger partial charge in [0.1, 0.15) is 11.7 Å². The number of aromatic nitrogens is 1. The zero-order valence-corrected chi connectivity index (χ0v) is 18.4. The summed E-state index contributed by atoms with van der Waals surface area (Å²) in [4.78, 5) is 54.1. The maximum absolute atomic E-state index is 12.9. The number of piperidine rings is 1. The number of imide groups is 1. The molecule has 2 aromatic carbocycles. The molecule has 5 rings (SSSR count). The number of anilines is 1. The van der Waals surface area contributed by atoms with E-state index in [-0.39, 0.29) is 30.7 Å². The molecule has 3 N–H and O–H groups in total. The average molecular weight is 444 g/mol. The lowest BCUT2D eigenvalue weighted by Crippen LogP contribution is -2.52. The Hall–Kier alpha value is -3.94. The van der Waals surface area contributed by atoms with Gasteiger partial charge in [-0.1, -0.05) is 32.0 Å². The number of carbonyl (C=O) groups excluding carboxylic acids is 4. The first-order valence-corrected chi connectivity index (χ1v) is 11.0. The van der Waals surface area contributed by atoms with Crippen LogP contribution in [0, 0.1) is 0 Å². The van der Waals surface area contributed by atoms with E-state index in [0.717, 1.165) is 22.0 Å². The second-order valence-electron chi connectivity index (χ2n) is 8.88. The molecule has 0 radical (unpaired) electrons. The molecule has 4 amide bonds. The minimum absolute atomic E-state index is 0.209. The molecular weight excluding hydrogens is 420 g/mol. The maximum atomic E-state index is 12.9. The van der Waals surface area contributed by atoms with Crippen LogP contribution >= 0.6 is 0 Å². The van der Waals surface area contributed by atoms with Crippen LogP contribution in [0.3, 0.4) is 0 Å². The number of aromatic amines is 1. The number of fused-ring (bicyclic) bond motifs is 2. The molecule has 0 bridgehead atoms. The largest absolute Gasteiger partial charge is 0.350 e. The Kier molecular flexibility index (Phi) is 5.00. The highest BCUT2D eigenvalue weighted by Gasteiger charge is 2.39. The van der Waals surface area contributed by atoms with Crippen LogP contribution in [-0.2, 0) is 16.1 Å². The zero-order valence-electron chi connectivity index (χ0n) is 18.4. The summed E-state index contributed by atoms with van der Waals surface area (Å²) in [7, 11) is 0. The second-order valence-corrected chi connectivity index (χ2v) is 8.88. The van der Waals surface area contributed by atoms with E-state index in [1.165, 1.54) is 4.90 Å². The molecule has 0 saturated carbocycles. The summed E-state index contributed by atoms with van der Waals surface area (Å²) in [5.41, 5.74) is 4.37. The fourth-order valence-electron chi connectivity index (χ4n) is 4.63. The van der Waals surface area contributed by atoms with Crippen molar-refractivity contribution < 1.29 is 19.2 Å². The van der Waals surface area contributed by atoms with Crippen molar-refractivity contribution in [1.29, 1.82) is 0 Å². The van der Waals surface area contributed by atoms with Crippen LogP contribution in [0.4, 0.5) is 5.69 Å². The van der Waals surface area contributed by atoms with Gasteiger partial charge in [0.2, 0.25) is 11.8 Å². The van der Waals surface area contributed by atoms with Crippen molar-refractivity contribution in [1.82, 2.24) is 15.2 Å². The predicted octanol–water partition coefficient (Wildman–Crippen LogP) is 3.30. The number of amides is 4. The third kappa shape index (κ3) is 3.67. The highest BCUT2D eigenvalue weighted by molar-refractivity contribution is 6.08. The molecule has 0 spiro atoms. The summed E-state index contributed by atoms with van der Waals surface area (Å²) in [6.07, 6.45) is 0.521. The summed E-state index contributed by atoms with van der Waals surface area (Å²) in [5.74, 6) is -0.949. The minimum Gasteiger partial charge on any atom is -0.350 e. The normalized spacial score (nSPS) is 18.1. The van der Waals surface area contributed by atoms with Crippen molar-refractivity contribution in [2.45, 2.75) is 45.2 Å². The Labute approximate surface area is 190 Å². The highest BCUT2D eigenvalue weighted by Crippen LogP contribution is 2.30. The van der Waals surface area contributed by atoms with E-state index in [9.17, 15) is 19.2 Å². The van der Waals surface area contributed by atoms with E-state index >= 15 is 0 Å². The van der Waals surface area contributed by atoms with Crippen molar-refractivity contribution >= 4 is 40.2 Å². The van der Waals surface area contributed by atoms with Crippen LogP contribution in [0.15, 0.2) is 42.5 Å². The van der Waals surface area contributed by atoms with Crippen LogP contribution in [0.2, 0.25) is 0 Å². The van der Waals surface area contributed by atoms with Gasteiger partial charge >= 0.3 is 0 Å². The van der Waals surface area contributed by atoms with Crippen LogP contribution in [0.1, 0.15) is 64.6 Å². The first-order valence-electron chi connectivity index (χ1n) is 11.0. The van der Waals surface area contributed by atoms with Crippen molar-refractivity contribution in [3.63, 3.8) is 0 Å². The third-order valence-corrected chi connectivity index (χ3v) is 6.34. The van der Waals surface area contributed by atoms with Gasteiger partial charge in [-0.05, 0) is 47.7 Å². The summed E-state index contributed by atoms with van der Waals surface area (Å²) in [5, 5.41) is 6.17. The monoisotopic (exact) mass is 444 g/mol. The summed E-state index contributed by atoms with van der Waals surface area (Å²) >= 11 is 0. The number of carbonyl (C=O) groups is 4. The summed E-state index contributed by atoms with van der Waals surface area (Å²) in [6, 6.07) is 12.3. The first kappa shape index (κ1) is 20.9. The molecule has 33 heavy (non-hydrogen) atoms. The number of benzene rings is 2. The molecule has 2 aliphatic heterocycles. The molecule has 8 nitrogen and oxygen atoms in total. The van der Waals surface area contributed by atoms with Crippen molar-refractivity contribution in [3.8, 4) is 0 Å². The van der Waals surface area contributed by atoms with Crippen LogP contribution in [-0.4, -0.2) is 39.6 Å². The van der Waals surface area contributed by atoms with Crippen LogP contribution in [0.5, 0.6) is 0 Å². The molecule has 8 heteroatoms. The summed E-state index contributed by atoms with van der Waals surface area (Å²) < 4.78 is 0. The second kappa shape index (κ2) is 7.88. The molecule has 1 atom stereocenters. The number of hydrogen-bond donors (Lipinski definition) is 3. The van der Waals surface area contributed by atoms with Gasteiger partial charge in [-0.25, -0.2) is 0 Å². The van der Waals surface area contributed by atoms with E-state index in [0.29, 0.717) is 29.3 Å². The number of nitrogens with one attached hydrogen (secondary N) is 3. The quantitative estimate of drug-likeness (QED) is 0.536. The molecular formula is C25H24N4O4. The van der Waals surface area contributed by atoms with Gasteiger partial charge in [-0.2, -0.15) is 0 Å². The van der Waals surface area contributed by atoms with Crippen molar-refractivity contribution in [3.05, 3.63) is 64.8 Å². The molecule has 2 aliphatic rings. The van der Waals surface area contributed by atoms with E-state index in [1.807, 2.05) is 18.2 Å². The number of para-hydroxylation sites is 1. The molecule has 3 heterocycles. The van der Waals surface area contributed by atoms with E-state index in [2.05, 4.69) is 35.5 Å². The molecule has 1 aromatic heterocycles. The van der Waals surface area contributed by atoms with Gasteiger partial charge in [0.25, 0.3) is 11.8 Å². The van der Waals surface area contributed by atoms with Crippen molar-refractivity contribution in [2.75, 3.05) is 5.32 Å². The van der Waals surface area contributed by atoms with E-state index in [4.69, 9.17) is 0 Å². The Morgan fingerprint density at radius 1 is 1.12 bits per heavy atom. The van der Waals surface area contributed by atoms with Gasteiger partial charge in [0.15, 0.2) is 0 Å². The fraction of sp³-hybridized carbons (Fsp3) is 0.280. The molecule has 3 aromatic rings. The molecule has 1 saturated heterocycles. The van der Waals surface area contributed by atoms with Crippen LogP contribution in [0.25, 0.3) is 10.9 Å². The Morgan fingerprint density at radius 3 is 2.70 bits per heavy atom. The molecule has 168 valence electrons. The van der Waals surface area contributed by atoms with Gasteiger partial charge in [-0.3, -0.25) is 24.5 Å².